The summed E-state index contributed by atoms with van der Waals surface area (Å²) in [7, 11) is 3.06. The highest BCUT2D eigenvalue weighted by molar-refractivity contribution is 9.10. The smallest absolute Gasteiger partial charge is 0.166 e. The lowest BCUT2D eigenvalue weighted by atomic mass is 10.2. The molecule has 0 aromatic heterocycles. The molecule has 4 nitrogen and oxygen atoms in total. The molecular weight excluding hydrogens is 358 g/mol. The predicted octanol–water partition coefficient (Wildman–Crippen LogP) is 4.58. The summed E-state index contributed by atoms with van der Waals surface area (Å²) >= 11 is 9.36. The monoisotopic (exact) mass is 369 g/mol. The normalized spacial score (nSPS) is 10.9. The van der Waals surface area contributed by atoms with Crippen molar-refractivity contribution < 1.29 is 14.6 Å². The molecule has 1 N–H and O–H groups in total. The van der Waals surface area contributed by atoms with Gasteiger partial charge in [0, 0.05) is 22.9 Å². The van der Waals surface area contributed by atoms with Gasteiger partial charge in [-0.1, -0.05) is 11.6 Å². The van der Waals surface area contributed by atoms with Gasteiger partial charge in [0.2, 0.25) is 0 Å². The fraction of sp³-hybridized carbons (Fsp3) is 0.133. The van der Waals surface area contributed by atoms with Gasteiger partial charge in [-0.3, -0.25) is 4.99 Å². The minimum absolute atomic E-state index is 0.00164. The van der Waals surface area contributed by atoms with E-state index in [-0.39, 0.29) is 5.75 Å². The largest absolute Gasteiger partial charge is 0.504 e. The van der Waals surface area contributed by atoms with Gasteiger partial charge in [-0.15, -0.1) is 0 Å². The minimum atomic E-state index is -0.00164. The Bertz CT molecular complexity index is 689. The van der Waals surface area contributed by atoms with Crippen molar-refractivity contribution in [2.24, 2.45) is 4.99 Å². The summed E-state index contributed by atoms with van der Waals surface area (Å²) in [5.74, 6) is 1.03. The molecule has 0 atom stereocenters. The van der Waals surface area contributed by atoms with E-state index < -0.39 is 0 Å². The van der Waals surface area contributed by atoms with Gasteiger partial charge in [0.05, 0.1) is 24.4 Å². The third kappa shape index (κ3) is 3.68. The molecule has 110 valence electrons. The molecule has 0 aliphatic rings. The molecule has 0 aliphatic carbocycles. The summed E-state index contributed by atoms with van der Waals surface area (Å²) in [6.07, 6.45) is 1.53. The van der Waals surface area contributed by atoms with E-state index in [0.717, 1.165) is 10.2 Å². The van der Waals surface area contributed by atoms with Crippen LogP contribution in [0.25, 0.3) is 0 Å². The number of halogens is 2. The zero-order valence-corrected chi connectivity index (χ0v) is 13.8. The lowest BCUT2D eigenvalue weighted by Gasteiger charge is -2.07. The number of hydrogen-bond donors (Lipinski definition) is 1. The molecule has 0 bridgehead atoms. The van der Waals surface area contributed by atoms with E-state index in [0.29, 0.717) is 22.0 Å². The Morgan fingerprint density at radius 1 is 1.14 bits per heavy atom. The van der Waals surface area contributed by atoms with Crippen molar-refractivity contribution in [2.75, 3.05) is 14.2 Å². The average molecular weight is 371 g/mol. The van der Waals surface area contributed by atoms with Gasteiger partial charge < -0.3 is 14.6 Å². The van der Waals surface area contributed by atoms with Crippen LogP contribution in [-0.2, 0) is 0 Å². The van der Waals surface area contributed by atoms with Crippen LogP contribution < -0.4 is 9.47 Å². The molecule has 0 heterocycles. The molecule has 0 amide bonds. The van der Waals surface area contributed by atoms with Crippen molar-refractivity contribution in [3.8, 4) is 17.2 Å². The maximum atomic E-state index is 10.0. The van der Waals surface area contributed by atoms with E-state index >= 15 is 0 Å². The standard InChI is InChI=1S/C15H13BrClNO3/c1-20-13-4-3-11(7-12(13)16)18-8-9-5-10(17)6-14(21-2)15(9)19/h3-8,19H,1-2H3. The van der Waals surface area contributed by atoms with Crippen LogP contribution in [0, 0.1) is 0 Å². The fourth-order valence-electron chi connectivity index (χ4n) is 1.73. The number of benzene rings is 2. The number of hydrogen-bond acceptors (Lipinski definition) is 4. The summed E-state index contributed by atoms with van der Waals surface area (Å²) in [6.45, 7) is 0. The minimum Gasteiger partial charge on any atom is -0.504 e. The first-order chi connectivity index (χ1) is 10.0. The molecule has 0 saturated heterocycles. The van der Waals surface area contributed by atoms with Crippen LogP contribution in [0.4, 0.5) is 5.69 Å². The summed E-state index contributed by atoms with van der Waals surface area (Å²) in [4.78, 5) is 4.31. The van der Waals surface area contributed by atoms with Crippen molar-refractivity contribution in [3.05, 3.63) is 45.4 Å². The maximum Gasteiger partial charge on any atom is 0.166 e. The van der Waals surface area contributed by atoms with E-state index in [9.17, 15) is 5.11 Å². The summed E-state index contributed by atoms with van der Waals surface area (Å²) in [6, 6.07) is 8.57. The first-order valence-electron chi connectivity index (χ1n) is 5.99. The lowest BCUT2D eigenvalue weighted by molar-refractivity contribution is 0.373. The Labute approximate surface area is 136 Å². The van der Waals surface area contributed by atoms with Gasteiger partial charge in [0.1, 0.15) is 5.75 Å². The van der Waals surface area contributed by atoms with Gasteiger partial charge >= 0.3 is 0 Å². The van der Waals surface area contributed by atoms with Gasteiger partial charge in [-0.25, -0.2) is 0 Å². The van der Waals surface area contributed by atoms with Crippen LogP contribution in [0.1, 0.15) is 5.56 Å². The highest BCUT2D eigenvalue weighted by Gasteiger charge is 2.08. The van der Waals surface area contributed by atoms with Crippen LogP contribution in [0.3, 0.4) is 0 Å². The Balaban J connectivity index is 2.33. The van der Waals surface area contributed by atoms with Crippen molar-refractivity contribution in [2.45, 2.75) is 0 Å². The molecule has 0 unspecified atom stereocenters. The number of rotatable bonds is 4. The molecule has 0 saturated carbocycles. The average Bonchev–Trinajstić information content (AvgIpc) is 2.47. The molecule has 0 aliphatic heterocycles. The molecule has 2 aromatic carbocycles. The summed E-state index contributed by atoms with van der Waals surface area (Å²) in [5.41, 5.74) is 1.19. The first-order valence-corrected chi connectivity index (χ1v) is 7.16. The Kier molecular flexibility index (Phi) is 5.09. The highest BCUT2D eigenvalue weighted by Crippen LogP contribution is 2.33. The molecule has 2 rings (SSSR count). The number of phenolic OH excluding ortho intramolecular Hbond substituents is 1. The van der Waals surface area contributed by atoms with E-state index in [1.807, 2.05) is 6.07 Å². The summed E-state index contributed by atoms with van der Waals surface area (Å²) in [5, 5.41) is 10.5. The topological polar surface area (TPSA) is 51.0 Å². The van der Waals surface area contributed by atoms with Crippen molar-refractivity contribution in [3.63, 3.8) is 0 Å². The number of aliphatic imine (C=N–C) groups is 1. The van der Waals surface area contributed by atoms with Crippen molar-refractivity contribution in [1.29, 1.82) is 0 Å². The van der Waals surface area contributed by atoms with Crippen LogP contribution in [-0.4, -0.2) is 25.5 Å². The van der Waals surface area contributed by atoms with Crippen LogP contribution in [0.5, 0.6) is 17.2 Å². The Morgan fingerprint density at radius 3 is 2.48 bits per heavy atom. The molecule has 6 heteroatoms. The third-order valence-electron chi connectivity index (χ3n) is 2.78. The van der Waals surface area contributed by atoms with E-state index in [2.05, 4.69) is 20.9 Å². The first kappa shape index (κ1) is 15.7. The molecule has 2 aromatic rings. The highest BCUT2D eigenvalue weighted by atomic mass is 79.9. The molecule has 0 fully saturated rings. The van der Waals surface area contributed by atoms with Gasteiger partial charge in [-0.05, 0) is 40.2 Å². The second kappa shape index (κ2) is 6.83. The number of methoxy groups -OCH3 is 2. The third-order valence-corrected chi connectivity index (χ3v) is 3.62. The number of ether oxygens (including phenoxy) is 2. The maximum absolute atomic E-state index is 10.0. The van der Waals surface area contributed by atoms with Crippen LogP contribution >= 0.6 is 27.5 Å². The molecule has 0 spiro atoms. The lowest BCUT2D eigenvalue weighted by Crippen LogP contribution is -1.89. The van der Waals surface area contributed by atoms with Crippen LogP contribution in [0.15, 0.2) is 39.8 Å². The Hall–Kier alpha value is -1.72. The quantitative estimate of drug-likeness (QED) is 0.802. The predicted molar refractivity (Wildman–Crippen MR) is 87.6 cm³/mol. The van der Waals surface area contributed by atoms with E-state index in [4.69, 9.17) is 21.1 Å². The molecule has 21 heavy (non-hydrogen) atoms. The number of phenols is 1. The summed E-state index contributed by atoms with van der Waals surface area (Å²) < 4.78 is 11.0. The van der Waals surface area contributed by atoms with Gasteiger partial charge in [0.25, 0.3) is 0 Å². The van der Waals surface area contributed by atoms with Crippen molar-refractivity contribution in [1.82, 2.24) is 0 Å². The SMILES string of the molecule is COc1ccc(N=Cc2cc(Cl)cc(OC)c2O)cc1Br. The van der Waals surface area contributed by atoms with E-state index in [1.54, 1.807) is 25.3 Å². The zero-order chi connectivity index (χ0) is 15.4. The second-order valence-corrected chi connectivity index (χ2v) is 5.41. The van der Waals surface area contributed by atoms with Gasteiger partial charge in [-0.2, -0.15) is 0 Å². The fourth-order valence-corrected chi connectivity index (χ4v) is 2.47. The Morgan fingerprint density at radius 2 is 1.86 bits per heavy atom. The number of nitrogens with zero attached hydrogens (tertiary/aromatic N) is 1. The van der Waals surface area contributed by atoms with E-state index in [1.165, 1.54) is 19.4 Å². The second-order valence-electron chi connectivity index (χ2n) is 4.12. The van der Waals surface area contributed by atoms with Crippen molar-refractivity contribution >= 4 is 39.4 Å². The van der Waals surface area contributed by atoms with Gasteiger partial charge in [0.15, 0.2) is 11.5 Å². The molecule has 0 radical (unpaired) electrons. The molecular formula is C15H13BrClNO3. The van der Waals surface area contributed by atoms with Crippen LogP contribution in [0.2, 0.25) is 5.02 Å². The zero-order valence-electron chi connectivity index (χ0n) is 11.4. The number of aromatic hydroxyl groups is 1.